The first kappa shape index (κ1) is 86.8. The van der Waals surface area contributed by atoms with Crippen LogP contribution in [0.4, 0.5) is 28.4 Å². The molecule has 0 heterocycles. The van der Waals surface area contributed by atoms with E-state index in [0.717, 1.165) is 41.0 Å². The van der Waals surface area contributed by atoms with Gasteiger partial charge < -0.3 is 70.6 Å². The van der Waals surface area contributed by atoms with E-state index < -0.39 is 5.91 Å². The van der Waals surface area contributed by atoms with E-state index in [-0.39, 0.29) is 47.4 Å². The van der Waals surface area contributed by atoms with E-state index in [2.05, 4.69) is 63.0 Å². The third-order valence-corrected chi connectivity index (χ3v) is 14.0. The van der Waals surface area contributed by atoms with Crippen LogP contribution in [0.5, 0.6) is 0 Å². The highest BCUT2D eigenvalue weighted by atomic mass is 16.5. The summed E-state index contributed by atoms with van der Waals surface area (Å²) >= 11 is 0. The molecular formula is C77H105N11O12. The van der Waals surface area contributed by atoms with Gasteiger partial charge in [-0.3, -0.25) is 28.8 Å². The Kier molecular flexibility index (Phi) is 39.3. The molecule has 100 heavy (non-hydrogen) atoms. The zero-order valence-electron chi connectivity index (χ0n) is 62.4. The fourth-order valence-corrected chi connectivity index (χ4v) is 8.55. The van der Waals surface area contributed by atoms with Gasteiger partial charge in [0.1, 0.15) is 0 Å². The molecule has 23 heteroatoms. The fourth-order valence-electron chi connectivity index (χ4n) is 8.55. The van der Waals surface area contributed by atoms with Crippen LogP contribution >= 0.6 is 0 Å². The maximum Gasteiger partial charge on any atom is 0.338 e. The lowest BCUT2D eigenvalue weighted by Gasteiger charge is -2.15. The molecule has 0 unspecified atom stereocenters. The third kappa shape index (κ3) is 30.5. The Balaban J connectivity index is 0.000000588. The van der Waals surface area contributed by atoms with Crippen molar-refractivity contribution in [2.75, 3.05) is 159 Å². The van der Waals surface area contributed by atoms with Crippen LogP contribution in [0.2, 0.25) is 0 Å². The number of anilines is 5. The zero-order chi connectivity index (χ0) is 75.9. The van der Waals surface area contributed by atoms with Crippen LogP contribution < -0.4 is 36.8 Å². The van der Waals surface area contributed by atoms with E-state index >= 15 is 0 Å². The van der Waals surface area contributed by atoms with Gasteiger partial charge in [-0.25, -0.2) is 14.4 Å². The third-order valence-electron chi connectivity index (χ3n) is 14.0. The number of primary amides is 1. The minimum absolute atomic E-state index is 0.125. The Morgan fingerprint density at radius 2 is 0.730 bits per heavy atom. The summed E-state index contributed by atoms with van der Waals surface area (Å²) in [7, 11) is 29.5. The van der Waals surface area contributed by atoms with Crippen molar-refractivity contribution in [3.8, 4) is 0 Å². The molecule has 23 nitrogen and oxygen atoms in total. The molecule has 0 aliphatic carbocycles. The number of amides is 6. The van der Waals surface area contributed by atoms with Crippen molar-refractivity contribution in [1.29, 1.82) is 0 Å². The maximum atomic E-state index is 11.9. The van der Waals surface area contributed by atoms with Crippen molar-refractivity contribution in [3.05, 3.63) is 218 Å². The number of nitrogens with zero attached hydrogens (tertiary/aromatic N) is 6. The molecule has 6 amide bonds. The number of nitrogens with two attached hydrogens (primary N) is 1. The van der Waals surface area contributed by atoms with Crippen LogP contribution in [0.1, 0.15) is 138 Å². The van der Waals surface area contributed by atoms with Crippen LogP contribution in [-0.2, 0) is 27.1 Å². The summed E-state index contributed by atoms with van der Waals surface area (Å²) < 4.78 is 14.4. The van der Waals surface area contributed by atoms with Crippen molar-refractivity contribution in [1.82, 2.24) is 24.9 Å². The monoisotopic (exact) mass is 1380 g/mol. The van der Waals surface area contributed by atoms with Crippen LogP contribution in [0.3, 0.4) is 0 Å². The van der Waals surface area contributed by atoms with Crippen molar-refractivity contribution < 1.29 is 57.4 Å². The summed E-state index contributed by atoms with van der Waals surface area (Å²) in [5, 5.41) is 11.3. The second kappa shape index (κ2) is 45.3. The Labute approximate surface area is 591 Å². The highest BCUT2D eigenvalue weighted by Gasteiger charge is 2.18. The van der Waals surface area contributed by atoms with Gasteiger partial charge in [0.2, 0.25) is 5.91 Å². The number of ether oxygens (including phenoxy) is 3. The Bertz CT molecular complexity index is 3760. The zero-order valence-corrected chi connectivity index (χ0v) is 62.4. The first-order valence-corrected chi connectivity index (χ1v) is 32.2. The lowest BCUT2D eigenvalue weighted by molar-refractivity contribution is 0.0516. The van der Waals surface area contributed by atoms with E-state index in [4.69, 9.17) is 15.2 Å². The molecule has 0 bridgehead atoms. The standard InChI is InChI=1S/C13H19N3O2.C12H17N3O2.C11H15N3O2.C11H15NO2.2C11H14O2.C8H11N/c1-14-11-7-9(12(17)15(2)3)6-10(8-11)13(18)16(4)5;1-13-10-6-8(11(16)14-2)5-9(7-10)12(17)15(3)4;1-13-9-5-7(10(12)15)4-8(6-9)11(16)14(2)3;1-4-14-11(13)9-6-5-7-10(8-9)12(2)3;1-4-9-5-8(2)6-10(7-9)11(12)13-3;1-3-9-6-5-7-10(8-9)11(12)13-4-2;1-9(2)8-6-4-3-5-7-8/h6-8,14H,1-5H3;5-7,13H,1-4H3,(H,14,16);4-6,13H,1-3H3,(H2,12,15);5-8H,4H2,1-3H3;5-7H,4H2,1-3H3;5-8H,3-4H2,1-2H3;3-7H,1-2H3. The van der Waals surface area contributed by atoms with Gasteiger partial charge in [-0.05, 0) is 154 Å². The first-order chi connectivity index (χ1) is 47.2. The van der Waals surface area contributed by atoms with E-state index in [1.165, 1.54) is 44.0 Å². The molecule has 0 aliphatic heterocycles. The first-order valence-electron chi connectivity index (χ1n) is 32.2. The topological polar surface area (TPSA) is 275 Å². The molecule has 540 valence electrons. The molecular weight excluding hydrogens is 1270 g/mol. The lowest BCUT2D eigenvalue weighted by atomic mass is 10.1. The molecule has 0 aliphatic rings. The van der Waals surface area contributed by atoms with Gasteiger partial charge in [-0.1, -0.05) is 61.9 Å². The summed E-state index contributed by atoms with van der Waals surface area (Å²) in [6.07, 6.45) is 1.87. The van der Waals surface area contributed by atoms with Gasteiger partial charge in [-0.15, -0.1) is 0 Å². The van der Waals surface area contributed by atoms with Crippen LogP contribution in [-0.4, -0.2) is 206 Å². The maximum absolute atomic E-state index is 11.9. The van der Waals surface area contributed by atoms with Crippen molar-refractivity contribution in [3.63, 3.8) is 0 Å². The van der Waals surface area contributed by atoms with Gasteiger partial charge >= 0.3 is 17.9 Å². The molecule has 0 fully saturated rings. The minimum Gasteiger partial charge on any atom is -0.465 e. The van der Waals surface area contributed by atoms with Crippen LogP contribution in [0.25, 0.3) is 0 Å². The number of esters is 3. The number of para-hydroxylation sites is 1. The summed E-state index contributed by atoms with van der Waals surface area (Å²) in [6.45, 7) is 10.5. The predicted octanol–water partition coefficient (Wildman–Crippen LogP) is 10.9. The van der Waals surface area contributed by atoms with Gasteiger partial charge in [-0.2, -0.15) is 0 Å². The average molecular weight is 1380 g/mol. The van der Waals surface area contributed by atoms with E-state index in [9.17, 15) is 43.2 Å². The summed E-state index contributed by atoms with van der Waals surface area (Å²) in [4.78, 5) is 114. The Morgan fingerprint density at radius 3 is 1.08 bits per heavy atom. The number of carbonyl (C=O) groups excluding carboxylic acids is 9. The van der Waals surface area contributed by atoms with Crippen LogP contribution in [0, 0.1) is 6.92 Å². The number of benzene rings is 7. The SMILES string of the molecule is CCOC(=O)c1cccc(CC)c1.CCOC(=O)c1cccc(N(C)C)c1.CCc1cc(C)cc(C(=O)OC)c1.CN(C)c1ccccc1.CNC(=O)c1cc(NC)cc(C(=O)N(C)C)c1.CNc1cc(C(=O)N(C)C)cc(C(=O)N(C)C)c1.CNc1cc(C(N)=O)cc(C(=O)N(C)C)c1. The summed E-state index contributed by atoms with van der Waals surface area (Å²) in [6, 6.07) is 45.8. The molecule has 0 radical (unpaired) electrons. The molecule has 7 aromatic carbocycles. The second-order valence-electron chi connectivity index (χ2n) is 23.1. The number of hydrogen-bond donors (Lipinski definition) is 5. The van der Waals surface area contributed by atoms with Crippen molar-refractivity contribution in [2.45, 2.75) is 47.5 Å². The molecule has 6 N–H and O–H groups in total. The van der Waals surface area contributed by atoms with Gasteiger partial charge in [0.15, 0.2) is 0 Å². The van der Waals surface area contributed by atoms with E-state index in [0.29, 0.717) is 69.0 Å². The highest BCUT2D eigenvalue weighted by Crippen LogP contribution is 2.20. The quantitative estimate of drug-likeness (QED) is 0.0394. The summed E-state index contributed by atoms with van der Waals surface area (Å²) in [5.41, 5.74) is 17.6. The lowest BCUT2D eigenvalue weighted by Crippen LogP contribution is -2.24. The number of hydrogen-bond acceptors (Lipinski definition) is 17. The van der Waals surface area contributed by atoms with Crippen molar-refractivity contribution >= 4 is 81.8 Å². The molecule has 0 spiro atoms. The number of aryl methyl sites for hydroxylation is 3. The number of carbonyl (C=O) groups is 9. The predicted molar refractivity (Wildman–Crippen MR) is 403 cm³/mol. The van der Waals surface area contributed by atoms with Gasteiger partial charge in [0.05, 0.1) is 37.0 Å². The molecule has 0 atom stereocenters. The highest BCUT2D eigenvalue weighted by molar-refractivity contribution is 6.03. The second-order valence-corrected chi connectivity index (χ2v) is 23.1. The van der Waals surface area contributed by atoms with Crippen molar-refractivity contribution in [2.24, 2.45) is 5.73 Å². The number of rotatable bonds is 18. The number of methoxy groups -OCH3 is 1. The largest absolute Gasteiger partial charge is 0.465 e. The molecule has 0 saturated carbocycles. The number of nitrogens with one attached hydrogen (secondary N) is 4. The van der Waals surface area contributed by atoms with E-state index in [1.54, 1.807) is 152 Å². The smallest absolute Gasteiger partial charge is 0.338 e. The summed E-state index contributed by atoms with van der Waals surface area (Å²) in [5.74, 6) is -2.08. The Hall–Kier alpha value is -11.2. The molecule has 7 rings (SSSR count). The van der Waals surface area contributed by atoms with E-state index in [1.807, 2.05) is 114 Å². The average Bonchev–Trinajstić information content (AvgIpc) is 0.851. The molecule has 0 aromatic heterocycles. The normalized spacial score (nSPS) is 9.66. The minimum atomic E-state index is -0.551. The van der Waals surface area contributed by atoms with Gasteiger partial charge in [0, 0.05) is 175 Å². The van der Waals surface area contributed by atoms with Gasteiger partial charge in [0.25, 0.3) is 29.5 Å². The Morgan fingerprint density at radius 1 is 0.370 bits per heavy atom. The molecule has 0 saturated heterocycles. The molecule has 7 aromatic rings. The van der Waals surface area contributed by atoms with Crippen LogP contribution in [0.15, 0.2) is 152 Å². The fraction of sp³-hybridized carbons (Fsp3) is 0.338.